The van der Waals surface area contributed by atoms with E-state index in [9.17, 15) is 9.90 Å². The number of hydrogen-bond acceptors (Lipinski definition) is 6. The predicted octanol–water partition coefficient (Wildman–Crippen LogP) is 1.89. The second-order valence-electron chi connectivity index (χ2n) is 8.14. The number of aromatic nitrogens is 1. The normalized spacial score (nSPS) is 22.4. The lowest BCUT2D eigenvalue weighted by molar-refractivity contribution is 0.0913. The van der Waals surface area contributed by atoms with Crippen molar-refractivity contribution >= 4 is 11.7 Å². The van der Waals surface area contributed by atoms with Gasteiger partial charge in [0.25, 0.3) is 5.91 Å². The van der Waals surface area contributed by atoms with Crippen molar-refractivity contribution in [2.24, 2.45) is 5.92 Å². The maximum absolute atomic E-state index is 12.5. The van der Waals surface area contributed by atoms with E-state index in [1.165, 1.54) is 12.8 Å². The van der Waals surface area contributed by atoms with E-state index in [2.05, 4.69) is 32.8 Å². The smallest absolute Gasteiger partial charge is 0.251 e. The molecule has 2 heterocycles. The van der Waals surface area contributed by atoms with Gasteiger partial charge in [-0.3, -0.25) is 4.79 Å². The van der Waals surface area contributed by atoms with E-state index in [1.807, 2.05) is 6.08 Å². The minimum atomic E-state index is -0.614. The molecular formula is C23H34N4O3. The average molecular weight is 415 g/mol. The Morgan fingerprint density at radius 2 is 2.23 bits per heavy atom. The molecule has 7 heteroatoms. The summed E-state index contributed by atoms with van der Waals surface area (Å²) in [5, 5.41) is 16.6. The van der Waals surface area contributed by atoms with Crippen molar-refractivity contribution in [1.82, 2.24) is 15.6 Å². The number of ether oxygens (including phenoxy) is 1. The van der Waals surface area contributed by atoms with Crippen LogP contribution in [0.25, 0.3) is 0 Å². The highest BCUT2D eigenvalue weighted by molar-refractivity contribution is 5.94. The van der Waals surface area contributed by atoms with E-state index in [4.69, 9.17) is 4.74 Å². The van der Waals surface area contributed by atoms with Crippen molar-refractivity contribution in [2.75, 3.05) is 44.3 Å². The van der Waals surface area contributed by atoms with Gasteiger partial charge in [-0.05, 0) is 56.2 Å². The second kappa shape index (κ2) is 11.9. The van der Waals surface area contributed by atoms with Gasteiger partial charge >= 0.3 is 0 Å². The fraction of sp³-hybridized carbons (Fsp3) is 0.609. The lowest BCUT2D eigenvalue weighted by atomic mass is 10.0. The summed E-state index contributed by atoms with van der Waals surface area (Å²) in [4.78, 5) is 19.0. The summed E-state index contributed by atoms with van der Waals surface area (Å²) in [5.74, 6) is 1.32. The molecule has 3 rings (SSSR count). The first-order chi connectivity index (χ1) is 14.7. The summed E-state index contributed by atoms with van der Waals surface area (Å²) < 4.78 is 5.36. The van der Waals surface area contributed by atoms with Gasteiger partial charge in [-0.25, -0.2) is 4.98 Å². The molecule has 3 atom stereocenters. The Balaban J connectivity index is 1.37. The van der Waals surface area contributed by atoms with Gasteiger partial charge in [0.05, 0.1) is 19.3 Å². The molecule has 1 aliphatic carbocycles. The lowest BCUT2D eigenvalue weighted by Gasteiger charge is -2.27. The van der Waals surface area contributed by atoms with Crippen LogP contribution in [0.1, 0.15) is 42.5 Å². The highest BCUT2D eigenvalue weighted by Gasteiger charge is 2.24. The van der Waals surface area contributed by atoms with Gasteiger partial charge in [0.15, 0.2) is 0 Å². The van der Waals surface area contributed by atoms with E-state index in [0.29, 0.717) is 31.4 Å². The number of aliphatic hydroxyl groups is 1. The summed E-state index contributed by atoms with van der Waals surface area (Å²) in [6, 6.07) is 3.94. The van der Waals surface area contributed by atoms with Gasteiger partial charge in [0, 0.05) is 44.0 Å². The third-order valence-corrected chi connectivity index (χ3v) is 5.89. The van der Waals surface area contributed by atoms with Crippen molar-refractivity contribution in [3.63, 3.8) is 0 Å². The molecular weight excluding hydrogens is 380 g/mol. The Morgan fingerprint density at radius 3 is 3.03 bits per heavy atom. The van der Waals surface area contributed by atoms with Crippen LogP contribution in [0.2, 0.25) is 0 Å². The topological polar surface area (TPSA) is 86.7 Å². The number of carbonyl (C=O) groups excluding carboxylic acids is 1. The molecule has 30 heavy (non-hydrogen) atoms. The number of nitrogens with zero attached hydrogens (tertiary/aromatic N) is 2. The lowest BCUT2D eigenvalue weighted by Crippen LogP contribution is -2.41. The quantitative estimate of drug-likeness (QED) is 0.507. The Bertz CT molecular complexity index is 729. The van der Waals surface area contributed by atoms with E-state index < -0.39 is 6.10 Å². The van der Waals surface area contributed by atoms with Crippen LogP contribution in [0.15, 0.2) is 36.7 Å². The van der Waals surface area contributed by atoms with Gasteiger partial charge in [-0.15, -0.1) is 5.73 Å². The predicted molar refractivity (Wildman–Crippen MR) is 118 cm³/mol. The summed E-state index contributed by atoms with van der Waals surface area (Å²) in [7, 11) is 0. The highest BCUT2D eigenvalue weighted by Crippen LogP contribution is 2.29. The van der Waals surface area contributed by atoms with Crippen molar-refractivity contribution < 1.29 is 14.6 Å². The zero-order chi connectivity index (χ0) is 21.2. The standard InChI is InChI=1S/C23H34N4O3/c1-2-3-4-5-18-6-7-20(14-18)25-16-21(28)17-26-23(29)19-8-9-24-22(15-19)27-10-12-30-13-11-27/h3,8-9,15,18,20-21,25,28H,1,4-7,10-14,16-17H2,(H,26,29). The van der Waals surface area contributed by atoms with E-state index >= 15 is 0 Å². The van der Waals surface area contributed by atoms with Crippen LogP contribution in [0.4, 0.5) is 5.82 Å². The maximum Gasteiger partial charge on any atom is 0.251 e. The summed E-state index contributed by atoms with van der Waals surface area (Å²) in [5.41, 5.74) is 3.38. The van der Waals surface area contributed by atoms with E-state index in [1.54, 1.807) is 18.3 Å². The van der Waals surface area contributed by atoms with Crippen molar-refractivity contribution in [3.8, 4) is 0 Å². The molecule has 2 aliphatic rings. The first-order valence-corrected chi connectivity index (χ1v) is 11.0. The third-order valence-electron chi connectivity index (χ3n) is 5.89. The Kier molecular flexibility index (Phi) is 8.90. The Labute approximate surface area is 179 Å². The van der Waals surface area contributed by atoms with Gasteiger partial charge in [0.2, 0.25) is 0 Å². The SMILES string of the molecule is C=C=CCCC1CCC(NCC(O)CNC(=O)c2ccnc(N3CCOCC3)c2)C1. The minimum absolute atomic E-state index is 0.192. The third kappa shape index (κ3) is 6.96. The number of pyridine rings is 1. The van der Waals surface area contributed by atoms with Crippen LogP contribution < -0.4 is 15.5 Å². The fourth-order valence-electron chi connectivity index (χ4n) is 4.16. The molecule has 164 valence electrons. The number of rotatable bonds is 10. The number of anilines is 1. The highest BCUT2D eigenvalue weighted by atomic mass is 16.5. The molecule has 0 spiro atoms. The van der Waals surface area contributed by atoms with Gasteiger partial charge in [0.1, 0.15) is 5.82 Å². The number of hydrogen-bond donors (Lipinski definition) is 3. The zero-order valence-corrected chi connectivity index (χ0v) is 17.7. The van der Waals surface area contributed by atoms with Crippen molar-refractivity contribution in [2.45, 2.75) is 44.2 Å². The van der Waals surface area contributed by atoms with Crippen LogP contribution in [0.5, 0.6) is 0 Å². The van der Waals surface area contributed by atoms with E-state index in [-0.39, 0.29) is 12.5 Å². The molecule has 1 aliphatic heterocycles. The van der Waals surface area contributed by atoms with Crippen molar-refractivity contribution in [1.29, 1.82) is 0 Å². The van der Waals surface area contributed by atoms with Crippen LogP contribution in [0.3, 0.4) is 0 Å². The second-order valence-corrected chi connectivity index (χ2v) is 8.14. The molecule has 1 amide bonds. The van der Waals surface area contributed by atoms with Gasteiger partial charge < -0.3 is 25.4 Å². The molecule has 3 unspecified atom stereocenters. The summed E-state index contributed by atoms with van der Waals surface area (Å²) >= 11 is 0. The van der Waals surface area contributed by atoms with E-state index in [0.717, 1.165) is 44.1 Å². The molecule has 2 fully saturated rings. The summed E-state index contributed by atoms with van der Waals surface area (Å²) in [6.07, 6.45) is 8.77. The Hall–Kier alpha value is -2.18. The van der Waals surface area contributed by atoms with Gasteiger partial charge in [-0.1, -0.05) is 6.58 Å². The number of allylic oxidation sites excluding steroid dienone is 1. The fourth-order valence-corrected chi connectivity index (χ4v) is 4.16. The van der Waals surface area contributed by atoms with Crippen molar-refractivity contribution in [3.05, 3.63) is 42.3 Å². The number of nitrogens with one attached hydrogen (secondary N) is 2. The number of amides is 1. The molecule has 3 N–H and O–H groups in total. The minimum Gasteiger partial charge on any atom is -0.390 e. The number of carbonyl (C=O) groups is 1. The molecule has 1 saturated carbocycles. The Morgan fingerprint density at radius 1 is 1.40 bits per heavy atom. The molecule has 1 aromatic heterocycles. The summed E-state index contributed by atoms with van der Waals surface area (Å²) in [6.45, 7) is 7.20. The molecule has 1 saturated heterocycles. The zero-order valence-electron chi connectivity index (χ0n) is 17.7. The molecule has 7 nitrogen and oxygen atoms in total. The maximum atomic E-state index is 12.5. The number of aliphatic hydroxyl groups excluding tert-OH is 1. The largest absolute Gasteiger partial charge is 0.390 e. The monoisotopic (exact) mass is 414 g/mol. The molecule has 0 bridgehead atoms. The molecule has 1 aromatic rings. The first-order valence-electron chi connectivity index (χ1n) is 11.0. The van der Waals surface area contributed by atoms with Crippen LogP contribution in [-0.2, 0) is 4.74 Å². The first kappa shape index (κ1) is 22.5. The van der Waals surface area contributed by atoms with Gasteiger partial charge in [-0.2, -0.15) is 0 Å². The van der Waals surface area contributed by atoms with Crippen LogP contribution in [0, 0.1) is 5.92 Å². The molecule has 0 radical (unpaired) electrons. The van der Waals surface area contributed by atoms with Crippen LogP contribution in [-0.4, -0.2) is 67.5 Å². The van der Waals surface area contributed by atoms with Crippen LogP contribution >= 0.6 is 0 Å². The average Bonchev–Trinajstić information content (AvgIpc) is 3.24. The molecule has 0 aromatic carbocycles. The number of morpholine rings is 1.